The summed E-state index contributed by atoms with van der Waals surface area (Å²) in [5.74, 6) is 0.955. The van der Waals surface area contributed by atoms with Crippen molar-refractivity contribution < 1.29 is 14.3 Å². The summed E-state index contributed by atoms with van der Waals surface area (Å²) < 4.78 is 14.2. The largest absolute Gasteiger partial charge is 0.486 e. The van der Waals surface area contributed by atoms with Crippen LogP contribution < -0.4 is 14.3 Å². The van der Waals surface area contributed by atoms with E-state index in [1.165, 1.54) is 17.5 Å². The lowest BCUT2D eigenvalue weighted by Gasteiger charge is -2.18. The van der Waals surface area contributed by atoms with Crippen molar-refractivity contribution >= 4 is 38.5 Å². The van der Waals surface area contributed by atoms with Gasteiger partial charge in [-0.15, -0.1) is 6.58 Å². The van der Waals surface area contributed by atoms with E-state index in [0.717, 1.165) is 15.7 Å². The molecule has 0 bridgehead atoms. The molecule has 0 aliphatic carbocycles. The van der Waals surface area contributed by atoms with Crippen LogP contribution in [0.15, 0.2) is 60.2 Å². The van der Waals surface area contributed by atoms with Crippen molar-refractivity contribution in [2.45, 2.75) is 6.54 Å². The van der Waals surface area contributed by atoms with Gasteiger partial charge in [-0.3, -0.25) is 9.78 Å². The van der Waals surface area contributed by atoms with Gasteiger partial charge in [-0.05, 0) is 12.1 Å². The number of aromatic nitrogens is 3. The minimum atomic E-state index is -0.440. The zero-order valence-electron chi connectivity index (χ0n) is 15.4. The minimum absolute atomic E-state index is 0.206. The van der Waals surface area contributed by atoms with Crippen LogP contribution in [0.4, 0.5) is 0 Å². The molecular formula is C21H16N4O3S. The van der Waals surface area contributed by atoms with Gasteiger partial charge in [0.25, 0.3) is 5.91 Å². The van der Waals surface area contributed by atoms with Gasteiger partial charge in [-0.1, -0.05) is 29.5 Å². The van der Waals surface area contributed by atoms with E-state index in [9.17, 15) is 4.79 Å². The van der Waals surface area contributed by atoms with E-state index in [2.05, 4.69) is 21.5 Å². The molecule has 8 heteroatoms. The van der Waals surface area contributed by atoms with Gasteiger partial charge in [0.1, 0.15) is 18.9 Å². The normalized spacial score (nSPS) is 13.7. The monoisotopic (exact) mass is 404 g/mol. The van der Waals surface area contributed by atoms with Crippen molar-refractivity contribution in [2.75, 3.05) is 13.2 Å². The molecule has 1 aliphatic rings. The van der Waals surface area contributed by atoms with Crippen LogP contribution in [0, 0.1) is 0 Å². The summed E-state index contributed by atoms with van der Waals surface area (Å²) in [4.78, 5) is 26.4. The quantitative estimate of drug-likeness (QED) is 0.490. The second-order valence-corrected chi connectivity index (χ2v) is 7.42. The summed E-state index contributed by atoms with van der Waals surface area (Å²) in [5, 5.41) is 0. The molecule has 144 valence electrons. The van der Waals surface area contributed by atoms with Crippen molar-refractivity contribution in [1.82, 2.24) is 14.5 Å². The summed E-state index contributed by atoms with van der Waals surface area (Å²) in [6.45, 7) is 5.37. The van der Waals surface area contributed by atoms with Crippen LogP contribution in [0.3, 0.4) is 0 Å². The molecule has 29 heavy (non-hydrogen) atoms. The second-order valence-electron chi connectivity index (χ2n) is 6.41. The van der Waals surface area contributed by atoms with E-state index in [1.54, 1.807) is 6.08 Å². The molecule has 0 fully saturated rings. The third kappa shape index (κ3) is 3.17. The predicted molar refractivity (Wildman–Crippen MR) is 110 cm³/mol. The highest BCUT2D eigenvalue weighted by molar-refractivity contribution is 7.16. The van der Waals surface area contributed by atoms with Gasteiger partial charge in [-0.25, -0.2) is 4.98 Å². The molecular weight excluding hydrogens is 388 g/mol. The number of thiazole rings is 1. The fraction of sp³-hybridized carbons (Fsp3) is 0.143. The Morgan fingerprint density at radius 1 is 1.21 bits per heavy atom. The zero-order valence-corrected chi connectivity index (χ0v) is 16.2. The highest BCUT2D eigenvalue weighted by Gasteiger charge is 2.17. The maximum Gasteiger partial charge on any atom is 0.299 e. The van der Waals surface area contributed by atoms with Crippen molar-refractivity contribution in [3.8, 4) is 11.5 Å². The molecule has 4 aromatic rings. The molecule has 7 nitrogen and oxygen atoms in total. The van der Waals surface area contributed by atoms with E-state index in [4.69, 9.17) is 9.47 Å². The first kappa shape index (κ1) is 17.6. The van der Waals surface area contributed by atoms with Crippen LogP contribution in [0.25, 0.3) is 21.3 Å². The molecule has 0 atom stereocenters. The lowest BCUT2D eigenvalue weighted by atomic mass is 10.2. The fourth-order valence-electron chi connectivity index (χ4n) is 3.20. The van der Waals surface area contributed by atoms with Crippen molar-refractivity contribution in [1.29, 1.82) is 0 Å². The summed E-state index contributed by atoms with van der Waals surface area (Å²) in [7, 11) is 0. The maximum absolute atomic E-state index is 12.8. The molecule has 3 heterocycles. The van der Waals surface area contributed by atoms with E-state index >= 15 is 0 Å². The Kier molecular flexibility index (Phi) is 4.33. The number of nitrogens with zero attached hydrogens (tertiary/aromatic N) is 4. The third-order valence-electron chi connectivity index (χ3n) is 4.52. The lowest BCUT2D eigenvalue weighted by molar-refractivity contribution is 0.0993. The summed E-state index contributed by atoms with van der Waals surface area (Å²) in [6.07, 6.45) is 3.22. The van der Waals surface area contributed by atoms with Gasteiger partial charge in [0.2, 0.25) is 0 Å². The van der Waals surface area contributed by atoms with Crippen LogP contribution in [0.5, 0.6) is 11.5 Å². The van der Waals surface area contributed by atoms with Gasteiger partial charge >= 0.3 is 0 Å². The molecule has 2 aromatic heterocycles. The fourth-order valence-corrected chi connectivity index (χ4v) is 4.25. The number of allylic oxidation sites excluding steroid dienone is 1. The van der Waals surface area contributed by atoms with Gasteiger partial charge in [0, 0.05) is 18.7 Å². The van der Waals surface area contributed by atoms with Crippen LogP contribution in [-0.2, 0) is 6.54 Å². The highest BCUT2D eigenvalue weighted by atomic mass is 32.1. The summed E-state index contributed by atoms with van der Waals surface area (Å²) >= 11 is 1.41. The highest BCUT2D eigenvalue weighted by Crippen LogP contribution is 2.35. The number of amides is 1. The molecule has 1 aliphatic heterocycles. The number of hydrogen-bond donors (Lipinski definition) is 0. The first-order chi connectivity index (χ1) is 14.2. The van der Waals surface area contributed by atoms with Gasteiger partial charge in [0.15, 0.2) is 16.3 Å². The number of ether oxygens (including phenoxy) is 2. The predicted octanol–water partition coefficient (Wildman–Crippen LogP) is 3.34. The smallest absolute Gasteiger partial charge is 0.299 e. The molecule has 0 spiro atoms. The molecule has 0 unspecified atom stereocenters. The Labute approximate surface area is 169 Å². The Morgan fingerprint density at radius 2 is 1.97 bits per heavy atom. The van der Waals surface area contributed by atoms with E-state index in [0.29, 0.717) is 41.6 Å². The number of para-hydroxylation sites is 2. The number of carbonyl (C=O) groups excluding carboxylic acids is 1. The van der Waals surface area contributed by atoms with Crippen LogP contribution in [-0.4, -0.2) is 33.7 Å². The zero-order chi connectivity index (χ0) is 19.8. The molecule has 5 rings (SSSR count). The second kappa shape index (κ2) is 7.14. The van der Waals surface area contributed by atoms with Crippen LogP contribution in [0.1, 0.15) is 10.5 Å². The first-order valence-electron chi connectivity index (χ1n) is 9.07. The summed E-state index contributed by atoms with van der Waals surface area (Å²) in [6, 6.07) is 11.3. The van der Waals surface area contributed by atoms with Gasteiger partial charge in [-0.2, -0.15) is 4.99 Å². The number of rotatable bonds is 3. The van der Waals surface area contributed by atoms with E-state index in [1.807, 2.05) is 41.0 Å². The van der Waals surface area contributed by atoms with Gasteiger partial charge < -0.3 is 14.0 Å². The van der Waals surface area contributed by atoms with Crippen molar-refractivity contribution in [2.24, 2.45) is 4.99 Å². The average Bonchev–Trinajstić information content (AvgIpc) is 3.08. The Bertz CT molecular complexity index is 1340. The van der Waals surface area contributed by atoms with Crippen molar-refractivity contribution in [3.63, 3.8) is 0 Å². The summed E-state index contributed by atoms with van der Waals surface area (Å²) in [5.41, 5.74) is 2.51. The topological polar surface area (TPSA) is 78.6 Å². The standard InChI is InChI=1S/C21H16N4O3S/c1-2-7-25-16-10-17-18(28-9-8-27-17)11-19(16)29-21(25)24-20(26)15-12-22-13-5-3-4-6-14(13)23-15/h2-6,10-12H,1,7-9H2. The SMILES string of the molecule is C=CCn1c(=NC(=O)c2cnc3ccccc3n2)sc2cc3c(cc21)OCCO3. The number of carbonyl (C=O) groups is 1. The van der Waals surface area contributed by atoms with Crippen LogP contribution in [0.2, 0.25) is 0 Å². The third-order valence-corrected chi connectivity index (χ3v) is 5.56. The molecule has 2 aromatic carbocycles. The Morgan fingerprint density at radius 3 is 2.76 bits per heavy atom. The Balaban J connectivity index is 1.63. The molecule has 0 N–H and O–H groups in total. The van der Waals surface area contributed by atoms with Gasteiger partial charge in [0.05, 0.1) is 27.4 Å². The number of hydrogen-bond acceptors (Lipinski definition) is 6. The molecule has 0 saturated carbocycles. The number of fused-ring (bicyclic) bond motifs is 3. The number of benzene rings is 2. The lowest BCUT2D eigenvalue weighted by Crippen LogP contribution is -2.17. The molecule has 1 amide bonds. The van der Waals surface area contributed by atoms with Crippen molar-refractivity contribution in [3.05, 3.63) is 65.7 Å². The van der Waals surface area contributed by atoms with E-state index < -0.39 is 5.91 Å². The average molecular weight is 404 g/mol. The minimum Gasteiger partial charge on any atom is -0.486 e. The van der Waals surface area contributed by atoms with Crippen LogP contribution >= 0.6 is 11.3 Å². The molecule has 0 saturated heterocycles. The Hall–Kier alpha value is -3.52. The molecule has 0 radical (unpaired) electrons. The van der Waals surface area contributed by atoms with E-state index in [-0.39, 0.29) is 5.69 Å². The maximum atomic E-state index is 12.8. The first-order valence-corrected chi connectivity index (χ1v) is 9.89.